The molecule has 1 unspecified atom stereocenters. The van der Waals surface area contributed by atoms with Crippen LogP contribution in [0.4, 0.5) is 0 Å². The van der Waals surface area contributed by atoms with Crippen LogP contribution in [-0.2, 0) is 6.42 Å². The molecule has 1 N–H and O–H groups in total. The Balaban J connectivity index is 1.75. The molecule has 0 aliphatic carbocycles. The van der Waals surface area contributed by atoms with E-state index in [2.05, 4.69) is 24.1 Å². The fourth-order valence-electron chi connectivity index (χ4n) is 2.69. The van der Waals surface area contributed by atoms with Gasteiger partial charge in [0, 0.05) is 29.2 Å². The molecule has 2 rings (SSSR count). The molecule has 0 bridgehead atoms. The first-order valence-corrected chi connectivity index (χ1v) is 8.20. The standard InChI is InChI=1S/C16H24Cl2N2/c1-12(2)19-10-13-5-7-20(11-13)8-6-14-3-4-15(17)9-16(14)18/h3-4,9,12-13,19H,5-8,10-11H2,1-2H3. The monoisotopic (exact) mass is 314 g/mol. The Morgan fingerprint density at radius 2 is 2.15 bits per heavy atom. The van der Waals surface area contributed by atoms with E-state index >= 15 is 0 Å². The van der Waals surface area contributed by atoms with E-state index < -0.39 is 0 Å². The molecule has 0 spiro atoms. The average Bonchev–Trinajstić information content (AvgIpc) is 2.83. The molecule has 1 aromatic rings. The highest BCUT2D eigenvalue weighted by atomic mass is 35.5. The fraction of sp³-hybridized carbons (Fsp3) is 0.625. The Morgan fingerprint density at radius 3 is 2.85 bits per heavy atom. The molecule has 0 amide bonds. The molecule has 1 fully saturated rings. The molecule has 1 heterocycles. The fourth-order valence-corrected chi connectivity index (χ4v) is 3.19. The van der Waals surface area contributed by atoms with Crippen LogP contribution in [0.5, 0.6) is 0 Å². The smallest absolute Gasteiger partial charge is 0.0453 e. The van der Waals surface area contributed by atoms with Gasteiger partial charge in [0.15, 0.2) is 0 Å². The molecular weight excluding hydrogens is 291 g/mol. The van der Waals surface area contributed by atoms with Gasteiger partial charge in [-0.05, 0) is 49.5 Å². The van der Waals surface area contributed by atoms with Crippen molar-refractivity contribution in [2.45, 2.75) is 32.7 Å². The average molecular weight is 315 g/mol. The minimum atomic E-state index is 0.580. The van der Waals surface area contributed by atoms with Crippen LogP contribution >= 0.6 is 23.2 Å². The van der Waals surface area contributed by atoms with Gasteiger partial charge in [0.25, 0.3) is 0 Å². The van der Waals surface area contributed by atoms with Crippen LogP contribution in [0.3, 0.4) is 0 Å². The van der Waals surface area contributed by atoms with Crippen LogP contribution in [0.15, 0.2) is 18.2 Å². The summed E-state index contributed by atoms with van der Waals surface area (Å²) in [6.07, 6.45) is 2.30. The SMILES string of the molecule is CC(C)NCC1CCN(CCc2ccc(Cl)cc2Cl)C1. The zero-order chi connectivity index (χ0) is 14.5. The number of halogens is 2. The second kappa shape index (κ2) is 7.65. The van der Waals surface area contributed by atoms with Crippen molar-refractivity contribution in [3.63, 3.8) is 0 Å². The second-order valence-electron chi connectivity index (χ2n) is 6.00. The zero-order valence-electron chi connectivity index (χ0n) is 12.3. The van der Waals surface area contributed by atoms with Gasteiger partial charge >= 0.3 is 0 Å². The molecule has 1 aliphatic heterocycles. The topological polar surface area (TPSA) is 15.3 Å². The minimum absolute atomic E-state index is 0.580. The highest BCUT2D eigenvalue weighted by molar-refractivity contribution is 6.35. The molecule has 0 aromatic heterocycles. The van der Waals surface area contributed by atoms with Crippen molar-refractivity contribution >= 4 is 23.2 Å². The number of likely N-dealkylation sites (tertiary alicyclic amines) is 1. The number of hydrogen-bond acceptors (Lipinski definition) is 2. The molecule has 112 valence electrons. The summed E-state index contributed by atoms with van der Waals surface area (Å²) in [6.45, 7) is 9.03. The molecule has 2 nitrogen and oxygen atoms in total. The number of rotatable bonds is 6. The van der Waals surface area contributed by atoms with E-state index in [9.17, 15) is 0 Å². The highest BCUT2D eigenvalue weighted by Gasteiger charge is 2.22. The van der Waals surface area contributed by atoms with Gasteiger partial charge in [0.1, 0.15) is 0 Å². The summed E-state index contributed by atoms with van der Waals surface area (Å²) < 4.78 is 0. The summed E-state index contributed by atoms with van der Waals surface area (Å²) >= 11 is 12.1. The van der Waals surface area contributed by atoms with Gasteiger partial charge in [-0.15, -0.1) is 0 Å². The lowest BCUT2D eigenvalue weighted by atomic mass is 10.1. The maximum Gasteiger partial charge on any atom is 0.0453 e. The largest absolute Gasteiger partial charge is 0.314 e. The molecule has 1 atom stereocenters. The molecule has 1 aromatic carbocycles. The van der Waals surface area contributed by atoms with Crippen molar-refractivity contribution in [2.75, 3.05) is 26.2 Å². The van der Waals surface area contributed by atoms with Gasteiger partial charge in [0.05, 0.1) is 0 Å². The van der Waals surface area contributed by atoms with E-state index in [0.717, 1.165) is 30.5 Å². The Labute approximate surface area is 132 Å². The zero-order valence-corrected chi connectivity index (χ0v) is 13.8. The first kappa shape index (κ1) is 16.1. The molecule has 1 saturated heterocycles. The van der Waals surface area contributed by atoms with Gasteiger partial charge in [-0.25, -0.2) is 0 Å². The van der Waals surface area contributed by atoms with E-state index in [-0.39, 0.29) is 0 Å². The summed E-state index contributed by atoms with van der Waals surface area (Å²) in [6, 6.07) is 6.37. The first-order valence-electron chi connectivity index (χ1n) is 7.44. The minimum Gasteiger partial charge on any atom is -0.314 e. The maximum absolute atomic E-state index is 6.22. The van der Waals surface area contributed by atoms with Crippen LogP contribution < -0.4 is 5.32 Å². The number of hydrogen-bond donors (Lipinski definition) is 1. The Hall–Kier alpha value is -0.280. The summed E-state index contributed by atoms with van der Waals surface area (Å²) in [4.78, 5) is 2.54. The van der Waals surface area contributed by atoms with Crippen LogP contribution in [0.2, 0.25) is 10.0 Å². The van der Waals surface area contributed by atoms with Crippen LogP contribution in [0, 0.1) is 5.92 Å². The highest BCUT2D eigenvalue weighted by Crippen LogP contribution is 2.22. The van der Waals surface area contributed by atoms with Crippen molar-refractivity contribution in [1.29, 1.82) is 0 Å². The second-order valence-corrected chi connectivity index (χ2v) is 6.85. The van der Waals surface area contributed by atoms with Crippen LogP contribution in [-0.4, -0.2) is 37.1 Å². The molecule has 4 heteroatoms. The van der Waals surface area contributed by atoms with E-state index in [0.29, 0.717) is 11.1 Å². The van der Waals surface area contributed by atoms with Crippen molar-refractivity contribution in [2.24, 2.45) is 5.92 Å². The lowest BCUT2D eigenvalue weighted by Gasteiger charge is -2.17. The maximum atomic E-state index is 6.22. The van der Waals surface area contributed by atoms with Crippen molar-refractivity contribution in [3.05, 3.63) is 33.8 Å². The summed E-state index contributed by atoms with van der Waals surface area (Å²) in [5.41, 5.74) is 1.19. The molecule has 1 aliphatic rings. The summed E-state index contributed by atoms with van der Waals surface area (Å²) in [5, 5.41) is 5.03. The summed E-state index contributed by atoms with van der Waals surface area (Å²) in [5.74, 6) is 0.790. The number of nitrogens with one attached hydrogen (secondary N) is 1. The summed E-state index contributed by atoms with van der Waals surface area (Å²) in [7, 11) is 0. The van der Waals surface area contributed by atoms with Crippen molar-refractivity contribution in [3.8, 4) is 0 Å². The van der Waals surface area contributed by atoms with Gasteiger partial charge in [0.2, 0.25) is 0 Å². The first-order chi connectivity index (χ1) is 9.54. The van der Waals surface area contributed by atoms with Crippen molar-refractivity contribution < 1.29 is 0 Å². The Kier molecular flexibility index (Phi) is 6.16. The quantitative estimate of drug-likeness (QED) is 0.857. The van der Waals surface area contributed by atoms with Crippen LogP contribution in [0.1, 0.15) is 25.8 Å². The van der Waals surface area contributed by atoms with Gasteiger partial charge in [-0.2, -0.15) is 0 Å². The van der Waals surface area contributed by atoms with E-state index in [4.69, 9.17) is 23.2 Å². The predicted octanol–water partition coefficient (Wildman–Crippen LogP) is 3.86. The lowest BCUT2D eigenvalue weighted by molar-refractivity contribution is 0.324. The normalized spacial score (nSPS) is 19.9. The third-order valence-corrected chi connectivity index (χ3v) is 4.48. The third kappa shape index (κ3) is 4.92. The third-order valence-electron chi connectivity index (χ3n) is 3.90. The van der Waals surface area contributed by atoms with Gasteiger partial charge in [-0.1, -0.05) is 43.1 Å². The Morgan fingerprint density at radius 1 is 1.35 bits per heavy atom. The molecule has 0 saturated carbocycles. The Bertz CT molecular complexity index is 434. The van der Waals surface area contributed by atoms with E-state index in [1.165, 1.54) is 25.1 Å². The molecule has 0 radical (unpaired) electrons. The number of nitrogens with zero attached hydrogens (tertiary/aromatic N) is 1. The predicted molar refractivity (Wildman–Crippen MR) is 87.9 cm³/mol. The van der Waals surface area contributed by atoms with E-state index in [1.54, 1.807) is 0 Å². The van der Waals surface area contributed by atoms with Gasteiger partial charge < -0.3 is 10.2 Å². The number of benzene rings is 1. The van der Waals surface area contributed by atoms with Gasteiger partial charge in [-0.3, -0.25) is 0 Å². The van der Waals surface area contributed by atoms with Crippen LogP contribution in [0.25, 0.3) is 0 Å². The lowest BCUT2D eigenvalue weighted by Crippen LogP contribution is -2.31. The molecule has 20 heavy (non-hydrogen) atoms. The molecular formula is C16H24Cl2N2. The van der Waals surface area contributed by atoms with E-state index in [1.807, 2.05) is 18.2 Å². The van der Waals surface area contributed by atoms with Crippen molar-refractivity contribution in [1.82, 2.24) is 10.2 Å².